The zero-order valence-corrected chi connectivity index (χ0v) is 15.3. The molecule has 0 spiro atoms. The second kappa shape index (κ2) is 10.2. The van der Waals surface area contributed by atoms with Gasteiger partial charge in [0.25, 0.3) is 0 Å². The van der Waals surface area contributed by atoms with Crippen LogP contribution in [-0.4, -0.2) is 45.0 Å². The molecule has 1 aliphatic heterocycles. The fourth-order valence-corrected chi connectivity index (χ4v) is 3.48. The van der Waals surface area contributed by atoms with Gasteiger partial charge in [0.2, 0.25) is 0 Å². The lowest BCUT2D eigenvalue weighted by Crippen LogP contribution is -2.38. The third-order valence-corrected chi connectivity index (χ3v) is 4.90. The second-order valence-electron chi connectivity index (χ2n) is 5.06. The first-order valence-electron chi connectivity index (χ1n) is 7.72. The van der Waals surface area contributed by atoms with Crippen LogP contribution in [0.5, 0.6) is 0 Å². The topological polar surface area (TPSA) is 54.9 Å². The van der Waals surface area contributed by atoms with E-state index in [9.17, 15) is 0 Å². The monoisotopic (exact) mass is 389 g/mol. The molecule has 2 rings (SSSR count). The molecule has 0 amide bonds. The molecule has 0 aliphatic carbocycles. The van der Waals surface area contributed by atoms with E-state index in [4.69, 9.17) is 9.47 Å². The van der Waals surface area contributed by atoms with E-state index in [-0.39, 0.29) is 0 Å². The summed E-state index contributed by atoms with van der Waals surface area (Å²) in [6, 6.07) is 2.11. The minimum Gasteiger partial charge on any atom is -0.379 e. The van der Waals surface area contributed by atoms with Crippen molar-refractivity contribution < 1.29 is 9.47 Å². The van der Waals surface area contributed by atoms with Gasteiger partial charge in [0.15, 0.2) is 5.96 Å². The standard InChI is InChI=1S/C15H24BrN3O2S/c1-2-17-15(19-9-14-8-12(16)11-22-14)18-5-3-6-21-13-4-7-20-10-13/h8,11,13H,2-7,9-10H2,1H3,(H2,17,18,19). The first-order valence-corrected chi connectivity index (χ1v) is 9.39. The lowest BCUT2D eigenvalue weighted by molar-refractivity contribution is 0.0420. The average molecular weight is 390 g/mol. The molecule has 1 aromatic heterocycles. The Bertz CT molecular complexity index is 461. The number of nitrogens with one attached hydrogen (secondary N) is 2. The summed E-state index contributed by atoms with van der Waals surface area (Å²) in [6.07, 6.45) is 2.28. The average Bonchev–Trinajstić information content (AvgIpc) is 3.16. The molecule has 2 heterocycles. The van der Waals surface area contributed by atoms with Crippen LogP contribution >= 0.6 is 27.3 Å². The predicted molar refractivity (Wildman–Crippen MR) is 94.6 cm³/mol. The van der Waals surface area contributed by atoms with E-state index in [0.29, 0.717) is 12.6 Å². The minimum absolute atomic E-state index is 0.291. The van der Waals surface area contributed by atoms with Crippen LogP contribution in [0.25, 0.3) is 0 Å². The van der Waals surface area contributed by atoms with Gasteiger partial charge in [-0.2, -0.15) is 0 Å². The van der Waals surface area contributed by atoms with E-state index >= 15 is 0 Å². The van der Waals surface area contributed by atoms with Gasteiger partial charge in [0, 0.05) is 41.0 Å². The third-order valence-electron chi connectivity index (χ3n) is 3.21. The van der Waals surface area contributed by atoms with Gasteiger partial charge in [-0.05, 0) is 41.8 Å². The highest BCUT2D eigenvalue weighted by Crippen LogP contribution is 2.20. The Morgan fingerprint density at radius 3 is 3.14 bits per heavy atom. The zero-order valence-electron chi connectivity index (χ0n) is 12.9. The maximum absolute atomic E-state index is 5.75. The number of ether oxygens (including phenoxy) is 2. The molecule has 22 heavy (non-hydrogen) atoms. The van der Waals surface area contributed by atoms with Gasteiger partial charge in [-0.15, -0.1) is 11.3 Å². The summed E-state index contributed by atoms with van der Waals surface area (Å²) in [5, 5.41) is 8.68. The zero-order chi connectivity index (χ0) is 15.6. The molecular weight excluding hydrogens is 366 g/mol. The molecule has 1 atom stereocenters. The van der Waals surface area contributed by atoms with Gasteiger partial charge in [-0.25, -0.2) is 4.99 Å². The van der Waals surface area contributed by atoms with Crippen LogP contribution in [0.1, 0.15) is 24.6 Å². The molecule has 124 valence electrons. The molecule has 1 aromatic rings. The van der Waals surface area contributed by atoms with Crippen LogP contribution in [0, 0.1) is 0 Å². The van der Waals surface area contributed by atoms with E-state index in [1.54, 1.807) is 11.3 Å². The predicted octanol–water partition coefficient (Wildman–Crippen LogP) is 2.76. The minimum atomic E-state index is 0.291. The largest absolute Gasteiger partial charge is 0.379 e. The first kappa shape index (κ1) is 17.7. The van der Waals surface area contributed by atoms with Gasteiger partial charge in [0.05, 0.1) is 19.3 Å². The lowest BCUT2D eigenvalue weighted by atomic mass is 10.3. The van der Waals surface area contributed by atoms with Crippen molar-refractivity contribution in [2.45, 2.75) is 32.4 Å². The van der Waals surface area contributed by atoms with E-state index in [1.807, 2.05) is 0 Å². The summed E-state index contributed by atoms with van der Waals surface area (Å²) in [5.41, 5.74) is 0. The Kier molecular flexibility index (Phi) is 8.22. The fourth-order valence-electron chi connectivity index (χ4n) is 2.11. The normalized spacial score (nSPS) is 18.6. The van der Waals surface area contributed by atoms with Crippen LogP contribution in [-0.2, 0) is 16.0 Å². The number of thiophene rings is 1. The number of guanidine groups is 1. The van der Waals surface area contributed by atoms with Crippen LogP contribution in [0.3, 0.4) is 0 Å². The van der Waals surface area contributed by atoms with Crippen LogP contribution in [0.15, 0.2) is 20.9 Å². The van der Waals surface area contributed by atoms with E-state index in [0.717, 1.165) is 56.2 Å². The third kappa shape index (κ3) is 6.64. The number of nitrogens with zero attached hydrogens (tertiary/aromatic N) is 1. The SMILES string of the molecule is CCNC(=NCc1cc(Br)cs1)NCCCOC1CCOC1. The molecule has 1 fully saturated rings. The Morgan fingerprint density at radius 1 is 1.55 bits per heavy atom. The molecule has 1 unspecified atom stereocenters. The van der Waals surface area contributed by atoms with Crippen molar-refractivity contribution in [2.24, 2.45) is 4.99 Å². The summed E-state index contributed by atoms with van der Waals surface area (Å²) < 4.78 is 12.2. The molecule has 5 nitrogen and oxygen atoms in total. The van der Waals surface area contributed by atoms with Crippen molar-refractivity contribution in [3.8, 4) is 0 Å². The fraction of sp³-hybridized carbons (Fsp3) is 0.667. The van der Waals surface area contributed by atoms with Crippen molar-refractivity contribution >= 4 is 33.2 Å². The van der Waals surface area contributed by atoms with Gasteiger partial charge in [0.1, 0.15) is 0 Å². The maximum atomic E-state index is 5.75. The molecule has 1 aliphatic rings. The molecule has 1 saturated heterocycles. The molecule has 0 radical (unpaired) electrons. The number of hydrogen-bond acceptors (Lipinski definition) is 4. The Hall–Kier alpha value is -0.630. The number of hydrogen-bond donors (Lipinski definition) is 2. The summed E-state index contributed by atoms with van der Waals surface area (Å²) in [4.78, 5) is 5.84. The quantitative estimate of drug-likeness (QED) is 0.407. The molecule has 0 saturated carbocycles. The molecular formula is C15H24BrN3O2S. The molecule has 2 N–H and O–H groups in total. The van der Waals surface area contributed by atoms with Crippen molar-refractivity contribution in [1.82, 2.24) is 10.6 Å². The number of aliphatic imine (C=N–C) groups is 1. The maximum Gasteiger partial charge on any atom is 0.191 e. The van der Waals surface area contributed by atoms with Crippen molar-refractivity contribution in [2.75, 3.05) is 32.9 Å². The lowest BCUT2D eigenvalue weighted by Gasteiger charge is -2.12. The smallest absolute Gasteiger partial charge is 0.191 e. The van der Waals surface area contributed by atoms with Crippen molar-refractivity contribution in [3.63, 3.8) is 0 Å². The Balaban J connectivity index is 1.64. The molecule has 0 aromatic carbocycles. The number of halogens is 1. The van der Waals surface area contributed by atoms with Gasteiger partial charge in [-0.1, -0.05) is 0 Å². The highest BCUT2D eigenvalue weighted by molar-refractivity contribution is 9.10. The van der Waals surface area contributed by atoms with E-state index in [2.05, 4.69) is 49.9 Å². The van der Waals surface area contributed by atoms with Crippen molar-refractivity contribution in [1.29, 1.82) is 0 Å². The number of rotatable bonds is 8. The van der Waals surface area contributed by atoms with Gasteiger partial charge < -0.3 is 20.1 Å². The summed E-state index contributed by atoms with van der Waals surface area (Å²) in [5.74, 6) is 0.858. The second-order valence-corrected chi connectivity index (χ2v) is 6.97. The van der Waals surface area contributed by atoms with Gasteiger partial charge >= 0.3 is 0 Å². The van der Waals surface area contributed by atoms with Crippen molar-refractivity contribution in [3.05, 3.63) is 20.8 Å². The highest BCUT2D eigenvalue weighted by Gasteiger charge is 2.15. The van der Waals surface area contributed by atoms with E-state index < -0.39 is 0 Å². The summed E-state index contributed by atoms with van der Waals surface area (Å²) in [7, 11) is 0. The molecule has 0 bridgehead atoms. The van der Waals surface area contributed by atoms with Crippen LogP contribution in [0.4, 0.5) is 0 Å². The highest BCUT2D eigenvalue weighted by atomic mass is 79.9. The first-order chi connectivity index (χ1) is 10.8. The Morgan fingerprint density at radius 2 is 2.45 bits per heavy atom. The summed E-state index contributed by atoms with van der Waals surface area (Å²) >= 11 is 5.18. The summed E-state index contributed by atoms with van der Waals surface area (Å²) in [6.45, 7) is 6.82. The van der Waals surface area contributed by atoms with Crippen LogP contribution in [0.2, 0.25) is 0 Å². The Labute approximate surface area is 144 Å². The van der Waals surface area contributed by atoms with Crippen LogP contribution < -0.4 is 10.6 Å². The molecule has 7 heteroatoms. The van der Waals surface area contributed by atoms with Gasteiger partial charge in [-0.3, -0.25) is 0 Å². The van der Waals surface area contributed by atoms with E-state index in [1.165, 1.54) is 4.88 Å².